The van der Waals surface area contributed by atoms with Crippen LogP contribution in [0.15, 0.2) is 66.7 Å². The average molecular weight is 483 g/mol. The first-order valence-corrected chi connectivity index (χ1v) is 12.4. The SMILES string of the molecule is COc1ccc(OC)c(-c2c([C@H]3c4ccccc4C(=O)N3C[C@@H]3CCCO3)c3ccccc3n2C)c1. The molecule has 0 radical (unpaired) electrons. The van der Waals surface area contributed by atoms with E-state index in [9.17, 15) is 4.79 Å². The number of hydrogen-bond donors (Lipinski definition) is 0. The Bertz CT molecular complexity index is 1450. The van der Waals surface area contributed by atoms with Crippen molar-refractivity contribution in [1.29, 1.82) is 0 Å². The Balaban J connectivity index is 1.64. The monoisotopic (exact) mass is 482 g/mol. The number of carbonyl (C=O) groups is 1. The van der Waals surface area contributed by atoms with E-state index in [1.165, 1.54) is 0 Å². The molecule has 6 nitrogen and oxygen atoms in total. The number of methoxy groups -OCH3 is 2. The summed E-state index contributed by atoms with van der Waals surface area (Å²) in [5, 5.41) is 1.12. The van der Waals surface area contributed by atoms with Crippen LogP contribution in [0.3, 0.4) is 0 Å². The van der Waals surface area contributed by atoms with E-state index in [-0.39, 0.29) is 18.1 Å². The van der Waals surface area contributed by atoms with Gasteiger partial charge in [-0.1, -0.05) is 36.4 Å². The average Bonchev–Trinajstić information content (AvgIpc) is 3.61. The zero-order valence-corrected chi connectivity index (χ0v) is 20.9. The Morgan fingerprint density at radius 2 is 1.78 bits per heavy atom. The first-order chi connectivity index (χ1) is 17.6. The minimum absolute atomic E-state index is 0.0514. The predicted octanol–water partition coefficient (Wildman–Crippen LogP) is 5.59. The lowest BCUT2D eigenvalue weighted by atomic mass is 9.92. The summed E-state index contributed by atoms with van der Waals surface area (Å²) < 4.78 is 19.6. The van der Waals surface area contributed by atoms with Crippen LogP contribution in [-0.2, 0) is 11.8 Å². The van der Waals surface area contributed by atoms with Gasteiger partial charge in [0.2, 0.25) is 0 Å². The number of carbonyl (C=O) groups excluding carboxylic acids is 1. The number of amides is 1. The molecule has 0 bridgehead atoms. The van der Waals surface area contributed by atoms with Crippen molar-refractivity contribution in [2.75, 3.05) is 27.4 Å². The molecule has 184 valence electrons. The third-order valence-corrected chi connectivity index (χ3v) is 7.56. The van der Waals surface area contributed by atoms with Gasteiger partial charge in [-0.15, -0.1) is 0 Å². The molecule has 2 atom stereocenters. The third-order valence-electron chi connectivity index (χ3n) is 7.56. The molecule has 1 aromatic heterocycles. The molecule has 6 heteroatoms. The van der Waals surface area contributed by atoms with Crippen molar-refractivity contribution in [3.8, 4) is 22.8 Å². The molecule has 0 N–H and O–H groups in total. The minimum atomic E-state index is -0.241. The van der Waals surface area contributed by atoms with Gasteiger partial charge in [0.15, 0.2) is 0 Å². The molecule has 0 unspecified atom stereocenters. The minimum Gasteiger partial charge on any atom is -0.497 e. The molecule has 36 heavy (non-hydrogen) atoms. The maximum absolute atomic E-state index is 13.8. The fourth-order valence-electron chi connectivity index (χ4n) is 5.90. The van der Waals surface area contributed by atoms with Crippen LogP contribution in [0.1, 0.15) is 40.4 Å². The molecule has 6 rings (SSSR count). The first kappa shape index (κ1) is 22.7. The molecule has 1 fully saturated rings. The van der Waals surface area contributed by atoms with Crippen LogP contribution in [0.2, 0.25) is 0 Å². The highest BCUT2D eigenvalue weighted by Gasteiger charge is 2.42. The predicted molar refractivity (Wildman–Crippen MR) is 140 cm³/mol. The van der Waals surface area contributed by atoms with Crippen LogP contribution in [0, 0.1) is 0 Å². The molecular weight excluding hydrogens is 452 g/mol. The van der Waals surface area contributed by atoms with Gasteiger partial charge in [-0.2, -0.15) is 0 Å². The number of para-hydroxylation sites is 1. The number of benzene rings is 3. The van der Waals surface area contributed by atoms with Crippen molar-refractivity contribution >= 4 is 16.8 Å². The fraction of sp³-hybridized carbons (Fsp3) is 0.300. The summed E-state index contributed by atoms with van der Waals surface area (Å²) in [7, 11) is 5.43. The van der Waals surface area contributed by atoms with Gasteiger partial charge in [-0.3, -0.25) is 4.79 Å². The smallest absolute Gasteiger partial charge is 0.255 e. The van der Waals surface area contributed by atoms with E-state index >= 15 is 0 Å². The van der Waals surface area contributed by atoms with Crippen LogP contribution in [0.25, 0.3) is 22.2 Å². The number of fused-ring (bicyclic) bond motifs is 2. The van der Waals surface area contributed by atoms with E-state index in [0.29, 0.717) is 6.54 Å². The van der Waals surface area contributed by atoms with Gasteiger partial charge in [0.1, 0.15) is 11.5 Å². The number of aryl methyl sites for hydroxylation is 1. The summed E-state index contributed by atoms with van der Waals surface area (Å²) in [6.45, 7) is 1.32. The quantitative estimate of drug-likeness (QED) is 0.360. The molecular formula is C30H30N2O4. The van der Waals surface area contributed by atoms with Gasteiger partial charge in [-0.25, -0.2) is 0 Å². The molecule has 3 aromatic carbocycles. The normalized spacial score (nSPS) is 19.2. The lowest BCUT2D eigenvalue weighted by molar-refractivity contribution is 0.0501. The van der Waals surface area contributed by atoms with E-state index in [0.717, 1.165) is 69.8 Å². The standard InChI is InChI=1S/C30H30N2O4/c1-31-25-13-7-6-12-23(25)27(28(31)24-17-19(34-2)14-15-26(24)35-3)29-21-10-4-5-11-22(21)30(33)32(29)18-20-9-8-16-36-20/h4-7,10-15,17,20,29H,8-9,16,18H2,1-3H3/t20-,29+/m0/s1. The molecule has 2 aliphatic rings. The van der Waals surface area contributed by atoms with E-state index in [2.05, 4.69) is 41.9 Å². The number of aromatic nitrogens is 1. The summed E-state index contributed by atoms with van der Waals surface area (Å²) >= 11 is 0. The van der Waals surface area contributed by atoms with Crippen molar-refractivity contribution in [3.05, 3.63) is 83.4 Å². The maximum Gasteiger partial charge on any atom is 0.255 e. The first-order valence-electron chi connectivity index (χ1n) is 12.4. The second-order valence-corrected chi connectivity index (χ2v) is 9.49. The zero-order valence-electron chi connectivity index (χ0n) is 20.9. The van der Waals surface area contributed by atoms with Crippen LogP contribution in [0.5, 0.6) is 11.5 Å². The largest absolute Gasteiger partial charge is 0.497 e. The Hall–Kier alpha value is -3.77. The van der Waals surface area contributed by atoms with Gasteiger partial charge in [0, 0.05) is 47.8 Å². The molecule has 1 amide bonds. The number of hydrogen-bond acceptors (Lipinski definition) is 4. The lowest BCUT2D eigenvalue weighted by Crippen LogP contribution is -2.36. The van der Waals surface area contributed by atoms with Crippen molar-refractivity contribution in [3.63, 3.8) is 0 Å². The van der Waals surface area contributed by atoms with Gasteiger partial charge in [-0.05, 0) is 48.7 Å². The fourth-order valence-corrected chi connectivity index (χ4v) is 5.90. The van der Waals surface area contributed by atoms with E-state index in [4.69, 9.17) is 14.2 Å². The molecule has 4 aromatic rings. The highest BCUT2D eigenvalue weighted by Crippen LogP contribution is 2.48. The number of nitrogens with zero attached hydrogens (tertiary/aromatic N) is 2. The summed E-state index contributed by atoms with van der Waals surface area (Å²) in [5.74, 6) is 1.56. The van der Waals surface area contributed by atoms with Gasteiger partial charge >= 0.3 is 0 Å². The van der Waals surface area contributed by atoms with Crippen LogP contribution in [0.4, 0.5) is 0 Å². The molecule has 0 aliphatic carbocycles. The second-order valence-electron chi connectivity index (χ2n) is 9.49. The van der Waals surface area contributed by atoms with Crippen molar-refractivity contribution in [2.45, 2.75) is 25.0 Å². The highest BCUT2D eigenvalue weighted by molar-refractivity contribution is 6.02. The van der Waals surface area contributed by atoms with E-state index < -0.39 is 0 Å². The molecule has 3 heterocycles. The zero-order chi connectivity index (χ0) is 24.8. The number of rotatable bonds is 6. The molecule has 0 spiro atoms. The third kappa shape index (κ3) is 3.47. The maximum atomic E-state index is 13.8. The number of ether oxygens (including phenoxy) is 3. The van der Waals surface area contributed by atoms with Gasteiger partial charge < -0.3 is 23.7 Å². The summed E-state index contributed by atoms with van der Waals surface area (Å²) in [5.41, 5.74) is 5.92. The molecule has 2 aliphatic heterocycles. The highest BCUT2D eigenvalue weighted by atomic mass is 16.5. The van der Waals surface area contributed by atoms with Crippen molar-refractivity contribution < 1.29 is 19.0 Å². The topological polar surface area (TPSA) is 52.9 Å². The second kappa shape index (κ2) is 9.03. The van der Waals surface area contributed by atoms with E-state index in [1.807, 2.05) is 41.3 Å². The van der Waals surface area contributed by atoms with Gasteiger partial charge in [0.25, 0.3) is 5.91 Å². The Morgan fingerprint density at radius 1 is 0.972 bits per heavy atom. The van der Waals surface area contributed by atoms with Crippen molar-refractivity contribution in [2.24, 2.45) is 7.05 Å². The molecule has 1 saturated heterocycles. The van der Waals surface area contributed by atoms with Gasteiger partial charge in [0.05, 0.1) is 32.1 Å². The summed E-state index contributed by atoms with van der Waals surface area (Å²) in [4.78, 5) is 15.8. The summed E-state index contributed by atoms with van der Waals surface area (Å²) in [6.07, 6.45) is 2.06. The van der Waals surface area contributed by atoms with E-state index in [1.54, 1.807) is 14.2 Å². The Kier molecular flexibility index (Phi) is 5.69. The summed E-state index contributed by atoms with van der Waals surface area (Å²) in [6, 6.07) is 22.0. The van der Waals surface area contributed by atoms with Crippen LogP contribution >= 0.6 is 0 Å². The van der Waals surface area contributed by atoms with Crippen LogP contribution in [-0.4, -0.2) is 48.8 Å². The Labute approximate surface area is 211 Å². The molecule has 0 saturated carbocycles. The Morgan fingerprint density at radius 3 is 2.56 bits per heavy atom. The van der Waals surface area contributed by atoms with Crippen molar-refractivity contribution in [1.82, 2.24) is 9.47 Å². The van der Waals surface area contributed by atoms with Crippen LogP contribution < -0.4 is 9.47 Å². The lowest BCUT2D eigenvalue weighted by Gasteiger charge is -2.29.